The molecule has 80 valence electrons. The van der Waals surface area contributed by atoms with Gasteiger partial charge in [-0.25, -0.2) is 0 Å². The molecule has 0 spiro atoms. The van der Waals surface area contributed by atoms with Crippen molar-refractivity contribution in [1.82, 2.24) is 4.90 Å². The Morgan fingerprint density at radius 1 is 1.46 bits per heavy atom. The minimum Gasteiger partial charge on any atom is -0.385 e. The highest BCUT2D eigenvalue weighted by Crippen LogP contribution is 1.70. The van der Waals surface area contributed by atoms with E-state index in [0.29, 0.717) is 5.57 Å². The number of aldehydes is 1. The zero-order valence-corrected chi connectivity index (χ0v) is 9.76. The number of carbonyl (C=O) groups excluding carboxylic acids is 1. The van der Waals surface area contributed by atoms with E-state index in [1.165, 1.54) is 0 Å². The molecule has 3 nitrogen and oxygen atoms in total. The van der Waals surface area contributed by atoms with Gasteiger partial charge in [0, 0.05) is 13.7 Å². The summed E-state index contributed by atoms with van der Waals surface area (Å²) in [5, 5.41) is 0. The Morgan fingerprint density at radius 2 is 1.62 bits per heavy atom. The van der Waals surface area contributed by atoms with Crippen molar-refractivity contribution < 1.29 is 9.53 Å². The quantitative estimate of drug-likeness (QED) is 0.488. The largest absolute Gasteiger partial charge is 0.385 e. The van der Waals surface area contributed by atoms with Gasteiger partial charge in [-0.3, -0.25) is 4.79 Å². The number of hydrogen-bond donors (Lipinski definition) is 0. The third-order valence-corrected chi connectivity index (χ3v) is 0.490. The number of methoxy groups -OCH3 is 1. The Bertz CT molecular complexity index is 107. The molecule has 0 radical (unpaired) electrons. The Balaban J connectivity index is -0.000000117. The Kier molecular flexibility index (Phi) is 24.4. The van der Waals surface area contributed by atoms with Crippen LogP contribution in [-0.4, -0.2) is 46.0 Å². The van der Waals surface area contributed by atoms with E-state index in [-0.39, 0.29) is 0 Å². The first-order valence-electron chi connectivity index (χ1n) is 4.12. The minimum atomic E-state index is 0.574. The van der Waals surface area contributed by atoms with Crippen LogP contribution in [0, 0.1) is 0 Å². The van der Waals surface area contributed by atoms with Crippen LogP contribution in [0.2, 0.25) is 0 Å². The Morgan fingerprint density at radius 3 is 1.62 bits per heavy atom. The normalized spacial score (nSPS) is 7.62. The monoisotopic (exact) mass is 189 g/mol. The van der Waals surface area contributed by atoms with Gasteiger partial charge >= 0.3 is 0 Å². The van der Waals surface area contributed by atoms with Crippen molar-refractivity contribution in [2.45, 2.75) is 13.8 Å². The molecule has 0 atom stereocenters. The second kappa shape index (κ2) is 17.4. The average molecular weight is 189 g/mol. The van der Waals surface area contributed by atoms with Crippen molar-refractivity contribution in [2.24, 2.45) is 0 Å². The van der Waals surface area contributed by atoms with Crippen LogP contribution in [0.1, 0.15) is 13.8 Å². The van der Waals surface area contributed by atoms with Crippen molar-refractivity contribution in [2.75, 3.05) is 34.9 Å². The van der Waals surface area contributed by atoms with E-state index in [0.717, 1.165) is 12.9 Å². The molecule has 0 N–H and O–H groups in total. The van der Waals surface area contributed by atoms with Crippen LogP contribution in [0.5, 0.6) is 0 Å². The summed E-state index contributed by atoms with van der Waals surface area (Å²) < 4.78 is 4.54. The first kappa shape index (κ1) is 18.2. The van der Waals surface area contributed by atoms with E-state index in [9.17, 15) is 4.79 Å². The maximum absolute atomic E-state index is 9.41. The van der Waals surface area contributed by atoms with Crippen LogP contribution in [0.25, 0.3) is 0 Å². The maximum Gasteiger partial charge on any atom is 0.145 e. The van der Waals surface area contributed by atoms with Gasteiger partial charge in [0.2, 0.25) is 0 Å². The molecule has 0 heterocycles. The summed E-state index contributed by atoms with van der Waals surface area (Å²) in [6.07, 6.45) is 0.722. The SMILES string of the molecule is C=C(C)C=O.CCOC.CN(C)C. The molecule has 0 saturated heterocycles. The predicted octanol–water partition coefficient (Wildman–Crippen LogP) is 1.59. The highest BCUT2D eigenvalue weighted by atomic mass is 16.5. The van der Waals surface area contributed by atoms with E-state index < -0.39 is 0 Å². The van der Waals surface area contributed by atoms with Crippen molar-refractivity contribution in [3.63, 3.8) is 0 Å². The molecule has 0 aromatic carbocycles. The van der Waals surface area contributed by atoms with Gasteiger partial charge in [0.25, 0.3) is 0 Å². The molecule has 0 fully saturated rings. The minimum absolute atomic E-state index is 0.574. The molecule has 0 aliphatic heterocycles. The number of ether oxygens (including phenoxy) is 1. The van der Waals surface area contributed by atoms with Crippen LogP contribution in [-0.2, 0) is 9.53 Å². The first-order chi connectivity index (χ1) is 5.92. The maximum atomic E-state index is 9.41. The van der Waals surface area contributed by atoms with E-state index >= 15 is 0 Å². The van der Waals surface area contributed by atoms with E-state index in [4.69, 9.17) is 0 Å². The summed E-state index contributed by atoms with van der Waals surface area (Å²) >= 11 is 0. The molecule has 0 aromatic rings. The van der Waals surface area contributed by atoms with Crippen molar-refractivity contribution in [3.8, 4) is 0 Å². The van der Waals surface area contributed by atoms with Gasteiger partial charge in [0.15, 0.2) is 0 Å². The first-order valence-corrected chi connectivity index (χ1v) is 4.12. The van der Waals surface area contributed by atoms with Crippen LogP contribution in [0.3, 0.4) is 0 Å². The van der Waals surface area contributed by atoms with Gasteiger partial charge in [0.05, 0.1) is 0 Å². The Hall–Kier alpha value is -0.670. The number of hydrogen-bond acceptors (Lipinski definition) is 3. The molecule has 0 aliphatic rings. The molecular weight excluding hydrogens is 166 g/mol. The van der Waals surface area contributed by atoms with Gasteiger partial charge in [-0.15, -0.1) is 0 Å². The summed E-state index contributed by atoms with van der Waals surface area (Å²) in [6, 6.07) is 0. The highest BCUT2D eigenvalue weighted by Gasteiger charge is 1.66. The van der Waals surface area contributed by atoms with Crippen LogP contribution in [0.15, 0.2) is 12.2 Å². The summed E-state index contributed by atoms with van der Waals surface area (Å²) in [5.74, 6) is 0. The fourth-order valence-corrected chi connectivity index (χ4v) is 0. The zero-order valence-electron chi connectivity index (χ0n) is 9.76. The lowest BCUT2D eigenvalue weighted by molar-refractivity contribution is -0.104. The molecule has 3 heteroatoms. The molecule has 0 rings (SSSR count). The zero-order chi connectivity index (χ0) is 11.3. The molecule has 0 saturated carbocycles. The van der Waals surface area contributed by atoms with E-state index in [2.05, 4.69) is 11.3 Å². The second-order valence-electron chi connectivity index (χ2n) is 2.88. The standard InChI is InChI=1S/C4H6O.C3H9N.C3H8O/c1-4(2)3-5;1-4(2)3;1-3-4-2/h3H,1H2,2H3;1-3H3;3H2,1-2H3. The van der Waals surface area contributed by atoms with Gasteiger partial charge in [-0.1, -0.05) is 6.58 Å². The van der Waals surface area contributed by atoms with E-state index in [1.807, 2.05) is 33.0 Å². The second-order valence-corrected chi connectivity index (χ2v) is 2.88. The van der Waals surface area contributed by atoms with Crippen LogP contribution in [0.4, 0.5) is 0 Å². The average Bonchev–Trinajstić information content (AvgIpc) is 2.04. The summed E-state index contributed by atoms with van der Waals surface area (Å²) in [4.78, 5) is 11.4. The number of nitrogens with zero attached hydrogens (tertiary/aromatic N) is 1. The number of rotatable bonds is 2. The molecule has 0 aromatic heterocycles. The third kappa shape index (κ3) is 182. The van der Waals surface area contributed by atoms with Crippen molar-refractivity contribution in [3.05, 3.63) is 12.2 Å². The van der Waals surface area contributed by atoms with Crippen LogP contribution >= 0.6 is 0 Å². The molecule has 0 aliphatic carbocycles. The Labute approximate surface area is 82.4 Å². The van der Waals surface area contributed by atoms with Gasteiger partial charge < -0.3 is 9.64 Å². The molecule has 0 amide bonds. The molecule has 0 bridgehead atoms. The molecule has 13 heavy (non-hydrogen) atoms. The summed E-state index contributed by atoms with van der Waals surface area (Å²) in [6.45, 7) is 7.74. The summed E-state index contributed by atoms with van der Waals surface area (Å²) in [7, 11) is 7.68. The fraction of sp³-hybridized carbons (Fsp3) is 0.700. The number of carbonyl (C=O) groups is 1. The summed E-state index contributed by atoms with van der Waals surface area (Å²) in [5.41, 5.74) is 0.574. The predicted molar refractivity (Wildman–Crippen MR) is 58.0 cm³/mol. The van der Waals surface area contributed by atoms with Crippen LogP contribution < -0.4 is 0 Å². The number of allylic oxidation sites excluding steroid dienone is 1. The van der Waals surface area contributed by atoms with Crippen molar-refractivity contribution in [1.29, 1.82) is 0 Å². The van der Waals surface area contributed by atoms with Gasteiger partial charge in [0.1, 0.15) is 6.29 Å². The lowest BCUT2D eigenvalue weighted by atomic mass is 10.4. The van der Waals surface area contributed by atoms with Crippen molar-refractivity contribution >= 4 is 6.29 Å². The third-order valence-electron chi connectivity index (χ3n) is 0.490. The van der Waals surface area contributed by atoms with Gasteiger partial charge in [-0.2, -0.15) is 0 Å². The van der Waals surface area contributed by atoms with E-state index in [1.54, 1.807) is 14.0 Å². The lowest BCUT2D eigenvalue weighted by Gasteiger charge is -1.90. The topological polar surface area (TPSA) is 29.5 Å². The van der Waals surface area contributed by atoms with Gasteiger partial charge in [-0.05, 0) is 40.6 Å². The fourth-order valence-electron chi connectivity index (χ4n) is 0. The highest BCUT2D eigenvalue weighted by molar-refractivity contribution is 5.70. The lowest BCUT2D eigenvalue weighted by Crippen LogP contribution is -1.99. The smallest absolute Gasteiger partial charge is 0.145 e. The molecule has 0 unspecified atom stereocenters. The molecular formula is C10H23NO2.